The first-order valence-corrected chi connectivity index (χ1v) is 5.83. The minimum absolute atomic E-state index is 0.208. The normalized spacial score (nSPS) is 24.4. The van der Waals surface area contributed by atoms with Gasteiger partial charge in [0.05, 0.1) is 16.3 Å². The molecule has 0 aliphatic carbocycles. The van der Waals surface area contributed by atoms with Gasteiger partial charge in [0.2, 0.25) is 0 Å². The summed E-state index contributed by atoms with van der Waals surface area (Å²) in [5, 5.41) is 11.5. The fourth-order valence-corrected chi connectivity index (χ4v) is 2.75. The highest BCUT2D eigenvalue weighted by Gasteiger charge is 2.35. The molecule has 1 aromatic rings. The molecule has 2 rings (SSSR count). The van der Waals surface area contributed by atoms with Crippen LogP contribution < -0.4 is 10.6 Å². The first kappa shape index (κ1) is 12.0. The van der Waals surface area contributed by atoms with Gasteiger partial charge in [-0.3, -0.25) is 0 Å². The molecule has 1 aliphatic heterocycles. The SMILES string of the molecule is CN1CC(O)(CN)Cc2c(Cl)ccc(Cl)c21. The number of hydrogen-bond acceptors (Lipinski definition) is 3. The van der Waals surface area contributed by atoms with Crippen LogP contribution in [-0.2, 0) is 6.42 Å². The quantitative estimate of drug-likeness (QED) is 0.808. The topological polar surface area (TPSA) is 49.5 Å². The van der Waals surface area contributed by atoms with Gasteiger partial charge in [0.1, 0.15) is 0 Å². The third-order valence-corrected chi connectivity index (χ3v) is 3.63. The Hall–Kier alpha value is -0.480. The van der Waals surface area contributed by atoms with E-state index in [-0.39, 0.29) is 6.54 Å². The number of benzene rings is 1. The summed E-state index contributed by atoms with van der Waals surface area (Å²) in [6.07, 6.45) is 0.447. The predicted molar refractivity (Wildman–Crippen MR) is 67.4 cm³/mol. The molecule has 3 nitrogen and oxygen atoms in total. The second-order valence-corrected chi connectivity index (χ2v) is 5.13. The highest BCUT2D eigenvalue weighted by atomic mass is 35.5. The lowest BCUT2D eigenvalue weighted by Gasteiger charge is -2.39. The molecule has 0 radical (unpaired) electrons. The smallest absolute Gasteiger partial charge is 0.0984 e. The average molecular weight is 261 g/mol. The summed E-state index contributed by atoms with van der Waals surface area (Å²) in [6.45, 7) is 0.677. The molecule has 88 valence electrons. The lowest BCUT2D eigenvalue weighted by Crippen LogP contribution is -2.52. The van der Waals surface area contributed by atoms with Crippen molar-refractivity contribution >= 4 is 28.9 Å². The van der Waals surface area contributed by atoms with Gasteiger partial charge in [-0.15, -0.1) is 0 Å². The van der Waals surface area contributed by atoms with Crippen molar-refractivity contribution in [1.29, 1.82) is 0 Å². The Balaban J connectivity index is 2.54. The van der Waals surface area contributed by atoms with Crippen LogP contribution in [0.5, 0.6) is 0 Å². The summed E-state index contributed by atoms with van der Waals surface area (Å²) in [4.78, 5) is 1.90. The molecule has 16 heavy (non-hydrogen) atoms. The van der Waals surface area contributed by atoms with Crippen molar-refractivity contribution < 1.29 is 5.11 Å². The summed E-state index contributed by atoms with van der Waals surface area (Å²) in [7, 11) is 1.88. The monoisotopic (exact) mass is 260 g/mol. The Morgan fingerprint density at radius 3 is 2.69 bits per heavy atom. The van der Waals surface area contributed by atoms with E-state index in [1.54, 1.807) is 12.1 Å². The van der Waals surface area contributed by atoms with E-state index in [0.717, 1.165) is 11.3 Å². The van der Waals surface area contributed by atoms with Gasteiger partial charge >= 0.3 is 0 Å². The molecular formula is C11H14Cl2N2O. The maximum atomic E-state index is 10.2. The van der Waals surface area contributed by atoms with E-state index in [0.29, 0.717) is 23.0 Å². The zero-order valence-electron chi connectivity index (χ0n) is 9.00. The molecule has 1 aliphatic rings. The van der Waals surface area contributed by atoms with E-state index in [2.05, 4.69) is 0 Å². The highest BCUT2D eigenvalue weighted by Crippen LogP contribution is 2.40. The molecule has 5 heteroatoms. The Morgan fingerprint density at radius 1 is 1.44 bits per heavy atom. The van der Waals surface area contributed by atoms with E-state index in [9.17, 15) is 5.11 Å². The van der Waals surface area contributed by atoms with Gasteiger partial charge in [0, 0.05) is 31.6 Å². The van der Waals surface area contributed by atoms with Crippen LogP contribution in [0.25, 0.3) is 0 Å². The minimum atomic E-state index is -0.921. The third-order valence-electron chi connectivity index (χ3n) is 2.98. The van der Waals surface area contributed by atoms with Gasteiger partial charge in [-0.2, -0.15) is 0 Å². The van der Waals surface area contributed by atoms with Gasteiger partial charge in [0.25, 0.3) is 0 Å². The van der Waals surface area contributed by atoms with Crippen molar-refractivity contribution in [3.8, 4) is 0 Å². The Kier molecular flexibility index (Phi) is 3.05. The number of nitrogens with zero attached hydrogens (tertiary/aromatic N) is 1. The van der Waals surface area contributed by atoms with Gasteiger partial charge in [0.15, 0.2) is 0 Å². The van der Waals surface area contributed by atoms with Gasteiger partial charge in [-0.05, 0) is 17.7 Å². The molecule has 1 aromatic carbocycles. The minimum Gasteiger partial charge on any atom is -0.386 e. The van der Waals surface area contributed by atoms with Crippen LogP contribution >= 0.6 is 23.2 Å². The van der Waals surface area contributed by atoms with E-state index in [4.69, 9.17) is 28.9 Å². The van der Waals surface area contributed by atoms with Crippen LogP contribution in [-0.4, -0.2) is 30.8 Å². The predicted octanol–water partition coefficient (Wildman–Crippen LogP) is 1.68. The first-order chi connectivity index (χ1) is 7.47. The van der Waals surface area contributed by atoms with Crippen molar-refractivity contribution in [2.75, 3.05) is 25.0 Å². The van der Waals surface area contributed by atoms with Crippen molar-refractivity contribution in [3.05, 3.63) is 27.7 Å². The summed E-state index contributed by atoms with van der Waals surface area (Å²) in [5.74, 6) is 0. The fourth-order valence-electron chi connectivity index (χ4n) is 2.21. The molecule has 1 atom stereocenters. The standard InChI is InChI=1S/C11H14Cl2N2O/c1-15-6-11(16,5-14)4-7-8(12)2-3-9(13)10(7)15/h2-3,16H,4-6,14H2,1H3. The second-order valence-electron chi connectivity index (χ2n) is 4.32. The van der Waals surface area contributed by atoms with E-state index < -0.39 is 5.60 Å². The van der Waals surface area contributed by atoms with Crippen LogP contribution in [0.4, 0.5) is 5.69 Å². The average Bonchev–Trinajstić information content (AvgIpc) is 2.23. The number of anilines is 1. The number of aliphatic hydroxyl groups is 1. The number of nitrogens with two attached hydrogens (primary N) is 1. The first-order valence-electron chi connectivity index (χ1n) is 5.07. The Bertz CT molecular complexity index is 425. The summed E-state index contributed by atoms with van der Waals surface area (Å²) in [6, 6.07) is 3.52. The van der Waals surface area contributed by atoms with Crippen molar-refractivity contribution in [2.24, 2.45) is 5.73 Å². The molecular weight excluding hydrogens is 247 g/mol. The molecule has 0 saturated carbocycles. The zero-order valence-corrected chi connectivity index (χ0v) is 10.5. The zero-order chi connectivity index (χ0) is 11.9. The molecule has 0 spiro atoms. The maximum absolute atomic E-state index is 10.2. The molecule has 1 unspecified atom stereocenters. The number of fused-ring (bicyclic) bond motifs is 1. The van der Waals surface area contributed by atoms with Gasteiger partial charge < -0.3 is 15.7 Å². The lowest BCUT2D eigenvalue weighted by molar-refractivity contribution is 0.0535. The highest BCUT2D eigenvalue weighted by molar-refractivity contribution is 6.36. The van der Waals surface area contributed by atoms with Crippen LogP contribution in [0, 0.1) is 0 Å². The second kappa shape index (κ2) is 4.08. The summed E-state index contributed by atoms with van der Waals surface area (Å²) < 4.78 is 0. The van der Waals surface area contributed by atoms with Crippen LogP contribution in [0.15, 0.2) is 12.1 Å². The molecule has 0 saturated heterocycles. The molecule has 0 bridgehead atoms. The van der Waals surface area contributed by atoms with Crippen molar-refractivity contribution in [3.63, 3.8) is 0 Å². The number of rotatable bonds is 1. The lowest BCUT2D eigenvalue weighted by atomic mass is 9.88. The number of hydrogen-bond donors (Lipinski definition) is 2. The van der Waals surface area contributed by atoms with Gasteiger partial charge in [-0.1, -0.05) is 23.2 Å². The molecule has 0 amide bonds. The summed E-state index contributed by atoms with van der Waals surface area (Å²) in [5.41, 5.74) is 6.44. The van der Waals surface area contributed by atoms with Crippen molar-refractivity contribution in [2.45, 2.75) is 12.0 Å². The van der Waals surface area contributed by atoms with Crippen LogP contribution in [0.3, 0.4) is 0 Å². The maximum Gasteiger partial charge on any atom is 0.0984 e. The largest absolute Gasteiger partial charge is 0.386 e. The molecule has 3 N–H and O–H groups in total. The number of likely N-dealkylation sites (N-methyl/N-ethyl adjacent to an activating group) is 1. The number of β-amino-alcohol motifs (C(OH)–C–C–N with tert-alkyl or cyclic N) is 1. The Labute approximate surface area is 105 Å². The number of halogens is 2. The molecule has 0 fully saturated rings. The Morgan fingerprint density at radius 2 is 2.06 bits per heavy atom. The molecule has 1 heterocycles. The van der Waals surface area contributed by atoms with Gasteiger partial charge in [-0.25, -0.2) is 0 Å². The van der Waals surface area contributed by atoms with E-state index in [1.165, 1.54) is 0 Å². The van der Waals surface area contributed by atoms with Crippen LogP contribution in [0.1, 0.15) is 5.56 Å². The summed E-state index contributed by atoms with van der Waals surface area (Å²) >= 11 is 12.3. The molecule has 0 aromatic heterocycles. The van der Waals surface area contributed by atoms with E-state index in [1.807, 2.05) is 11.9 Å². The fraction of sp³-hybridized carbons (Fsp3) is 0.455. The van der Waals surface area contributed by atoms with Crippen LogP contribution in [0.2, 0.25) is 10.0 Å². The third kappa shape index (κ3) is 1.89. The van der Waals surface area contributed by atoms with E-state index >= 15 is 0 Å². The van der Waals surface area contributed by atoms with Crippen molar-refractivity contribution in [1.82, 2.24) is 0 Å².